The second-order valence-corrected chi connectivity index (χ2v) is 18.9. The van der Waals surface area contributed by atoms with Gasteiger partial charge in [-0.15, -0.1) is 0 Å². The SMILES string of the molecule is Cc1cc(Br)cc(Oc2ccc(S(=O)(=O)c3ccc(Oc4cc(C)cc(Oc5ccc(S(=O)(=O)c6ccc(Oc7ccc(Br)cc7C)cc6)cc5)c4)cc3)cc2)c1. The molecule has 57 heavy (non-hydrogen) atoms. The summed E-state index contributed by atoms with van der Waals surface area (Å²) in [6, 6.07) is 41.6. The van der Waals surface area contributed by atoms with Gasteiger partial charge in [-0.05, 0) is 183 Å². The molecule has 0 aliphatic carbocycles. The Hall–Kier alpha value is -5.40. The Labute approximate surface area is 348 Å². The molecule has 0 saturated carbocycles. The van der Waals surface area contributed by atoms with Crippen LogP contribution >= 0.6 is 31.9 Å². The summed E-state index contributed by atoms with van der Waals surface area (Å²) in [5.74, 6) is 4.15. The molecule has 0 amide bonds. The van der Waals surface area contributed by atoms with Crippen molar-refractivity contribution in [1.29, 1.82) is 0 Å². The predicted octanol–water partition coefficient (Wildman–Crippen LogP) is 13.0. The topological polar surface area (TPSA) is 105 Å². The van der Waals surface area contributed by atoms with Crippen LogP contribution < -0.4 is 18.9 Å². The minimum absolute atomic E-state index is 0.114. The number of ether oxygens (including phenoxy) is 4. The smallest absolute Gasteiger partial charge is 0.206 e. The third-order valence-corrected chi connectivity index (χ3v) is 13.2. The van der Waals surface area contributed by atoms with Crippen LogP contribution in [0.2, 0.25) is 0 Å². The fourth-order valence-corrected chi connectivity index (χ4v) is 9.46. The molecule has 0 heterocycles. The van der Waals surface area contributed by atoms with Crippen LogP contribution in [0.15, 0.2) is 180 Å². The second-order valence-electron chi connectivity index (χ2n) is 13.2. The molecule has 7 rings (SSSR count). The normalized spacial score (nSPS) is 11.5. The summed E-state index contributed by atoms with van der Waals surface area (Å²) in [5, 5.41) is 0. The van der Waals surface area contributed by atoms with E-state index in [4.69, 9.17) is 18.9 Å². The minimum atomic E-state index is -3.81. The van der Waals surface area contributed by atoms with Crippen LogP contribution in [0.4, 0.5) is 0 Å². The Balaban J connectivity index is 0.983. The molecule has 0 radical (unpaired) electrons. The van der Waals surface area contributed by atoms with E-state index in [2.05, 4.69) is 31.9 Å². The summed E-state index contributed by atoms with van der Waals surface area (Å²) in [4.78, 5) is 0.493. The van der Waals surface area contributed by atoms with Crippen molar-refractivity contribution in [3.63, 3.8) is 0 Å². The Kier molecular flexibility index (Phi) is 11.6. The first-order chi connectivity index (χ1) is 27.2. The molecule has 0 bridgehead atoms. The van der Waals surface area contributed by atoms with E-state index in [-0.39, 0.29) is 19.6 Å². The lowest BCUT2D eigenvalue weighted by Crippen LogP contribution is -2.02. The van der Waals surface area contributed by atoms with Crippen molar-refractivity contribution < 1.29 is 35.8 Å². The van der Waals surface area contributed by atoms with Gasteiger partial charge >= 0.3 is 0 Å². The van der Waals surface area contributed by atoms with Crippen LogP contribution in [-0.4, -0.2) is 16.8 Å². The van der Waals surface area contributed by atoms with E-state index >= 15 is 0 Å². The van der Waals surface area contributed by atoms with Gasteiger partial charge in [0.15, 0.2) is 0 Å². The summed E-state index contributed by atoms with van der Waals surface area (Å²) in [6.07, 6.45) is 0. The fourth-order valence-electron chi connectivity index (χ4n) is 5.88. The largest absolute Gasteiger partial charge is 0.457 e. The lowest BCUT2D eigenvalue weighted by atomic mass is 10.2. The number of halogens is 2. The summed E-state index contributed by atoms with van der Waals surface area (Å²) in [5.41, 5.74) is 2.82. The molecular weight excluding hydrogens is 892 g/mol. The zero-order valence-corrected chi connectivity index (χ0v) is 35.6. The number of benzene rings is 7. The maximum absolute atomic E-state index is 13.4. The van der Waals surface area contributed by atoms with E-state index in [1.165, 1.54) is 48.5 Å². The summed E-state index contributed by atoms with van der Waals surface area (Å²) >= 11 is 6.90. The lowest BCUT2D eigenvalue weighted by molar-refractivity contribution is 0.459. The van der Waals surface area contributed by atoms with Crippen LogP contribution in [0, 0.1) is 20.8 Å². The maximum atomic E-state index is 13.4. The van der Waals surface area contributed by atoms with Gasteiger partial charge in [0.05, 0.1) is 19.6 Å². The standard InChI is InChI=1S/C45H34Br2O8S2/c1-29-22-33(47)27-38(23-29)52-34-5-13-41(14-6-34)56(48,49)42-15-7-35(8-16-42)53-39-24-30(2)25-40(28-39)54-36-9-17-43(18-10-36)57(50,51)44-19-11-37(12-20-44)55-45-21-4-32(46)26-31(45)3/h4-28H,1-3H3. The highest BCUT2D eigenvalue weighted by molar-refractivity contribution is 9.10. The first-order valence-corrected chi connectivity index (χ1v) is 22.0. The number of aryl methyl sites for hydroxylation is 3. The molecule has 0 N–H and O–H groups in total. The molecule has 0 aliphatic heterocycles. The van der Waals surface area contributed by atoms with Gasteiger partial charge in [0.1, 0.15) is 46.0 Å². The summed E-state index contributed by atoms with van der Waals surface area (Å²) in [6.45, 7) is 5.78. The highest BCUT2D eigenvalue weighted by atomic mass is 79.9. The van der Waals surface area contributed by atoms with Gasteiger partial charge in [-0.1, -0.05) is 31.9 Å². The van der Waals surface area contributed by atoms with Gasteiger partial charge in [-0.25, -0.2) is 16.8 Å². The zero-order valence-electron chi connectivity index (χ0n) is 30.8. The predicted molar refractivity (Wildman–Crippen MR) is 226 cm³/mol. The summed E-state index contributed by atoms with van der Waals surface area (Å²) in [7, 11) is -7.61. The molecule has 0 aliphatic rings. The van der Waals surface area contributed by atoms with Crippen LogP contribution in [0.3, 0.4) is 0 Å². The van der Waals surface area contributed by atoms with E-state index in [9.17, 15) is 16.8 Å². The van der Waals surface area contributed by atoms with Gasteiger partial charge in [-0.3, -0.25) is 0 Å². The lowest BCUT2D eigenvalue weighted by Gasteiger charge is -2.12. The Morgan fingerprint density at radius 3 is 1.07 bits per heavy atom. The molecule has 288 valence electrons. The van der Waals surface area contributed by atoms with Gasteiger partial charge < -0.3 is 18.9 Å². The van der Waals surface area contributed by atoms with Gasteiger partial charge in [0.2, 0.25) is 19.7 Å². The van der Waals surface area contributed by atoms with Crippen molar-refractivity contribution >= 4 is 51.5 Å². The molecule has 0 aromatic heterocycles. The molecule has 0 atom stereocenters. The molecule has 0 unspecified atom stereocenters. The van der Waals surface area contributed by atoms with Gasteiger partial charge in [0.25, 0.3) is 0 Å². The van der Waals surface area contributed by atoms with Gasteiger partial charge in [-0.2, -0.15) is 0 Å². The monoisotopic (exact) mass is 924 g/mol. The number of hydrogen-bond donors (Lipinski definition) is 0. The third kappa shape index (κ3) is 9.60. The fraction of sp³-hybridized carbons (Fsp3) is 0.0667. The van der Waals surface area contributed by atoms with Crippen molar-refractivity contribution in [2.75, 3.05) is 0 Å². The molecule has 12 heteroatoms. The maximum Gasteiger partial charge on any atom is 0.206 e. The van der Waals surface area contributed by atoms with Crippen LogP contribution in [-0.2, 0) is 19.7 Å². The van der Waals surface area contributed by atoms with Crippen LogP contribution in [0.5, 0.6) is 46.0 Å². The van der Waals surface area contributed by atoms with Crippen LogP contribution in [0.1, 0.15) is 16.7 Å². The average Bonchev–Trinajstić information content (AvgIpc) is 3.16. The Morgan fingerprint density at radius 2 is 0.702 bits per heavy atom. The molecular formula is C45H34Br2O8S2. The van der Waals surface area contributed by atoms with E-state index in [0.717, 1.165) is 25.6 Å². The highest BCUT2D eigenvalue weighted by Crippen LogP contribution is 2.34. The molecule has 8 nitrogen and oxygen atoms in total. The van der Waals surface area contributed by atoms with E-state index in [1.807, 2.05) is 69.3 Å². The Morgan fingerprint density at radius 1 is 0.351 bits per heavy atom. The third-order valence-electron chi connectivity index (χ3n) is 8.65. The van der Waals surface area contributed by atoms with Crippen molar-refractivity contribution in [3.8, 4) is 46.0 Å². The Bertz CT molecular complexity index is 2770. The van der Waals surface area contributed by atoms with E-state index in [1.54, 1.807) is 54.6 Å². The molecule has 7 aromatic carbocycles. The number of sulfone groups is 2. The van der Waals surface area contributed by atoms with E-state index in [0.29, 0.717) is 46.0 Å². The van der Waals surface area contributed by atoms with Gasteiger partial charge in [0, 0.05) is 15.0 Å². The quantitative estimate of drug-likeness (QED) is 0.119. The van der Waals surface area contributed by atoms with Crippen LogP contribution in [0.25, 0.3) is 0 Å². The molecule has 0 spiro atoms. The minimum Gasteiger partial charge on any atom is -0.457 e. The van der Waals surface area contributed by atoms with Crippen molar-refractivity contribution in [1.82, 2.24) is 0 Å². The number of rotatable bonds is 12. The molecule has 0 fully saturated rings. The second kappa shape index (κ2) is 16.6. The molecule has 0 saturated heterocycles. The highest BCUT2D eigenvalue weighted by Gasteiger charge is 2.20. The first-order valence-electron chi connectivity index (χ1n) is 17.5. The van der Waals surface area contributed by atoms with Crippen molar-refractivity contribution in [2.24, 2.45) is 0 Å². The zero-order chi connectivity index (χ0) is 40.3. The van der Waals surface area contributed by atoms with E-state index < -0.39 is 19.7 Å². The first kappa shape index (κ1) is 39.8. The number of hydrogen-bond acceptors (Lipinski definition) is 8. The molecule has 7 aromatic rings. The van der Waals surface area contributed by atoms with Crippen molar-refractivity contribution in [2.45, 2.75) is 40.4 Å². The van der Waals surface area contributed by atoms with Crippen molar-refractivity contribution in [3.05, 3.63) is 177 Å². The summed E-state index contributed by atoms with van der Waals surface area (Å²) < 4.78 is 79.5. The average molecular weight is 927 g/mol.